The van der Waals surface area contributed by atoms with E-state index < -0.39 is 17.4 Å². The Bertz CT molecular complexity index is 636. The molecule has 1 heterocycles. The molecule has 1 atom stereocenters. The van der Waals surface area contributed by atoms with Gasteiger partial charge in [-0.1, -0.05) is 30.3 Å². The van der Waals surface area contributed by atoms with Gasteiger partial charge in [-0.05, 0) is 31.0 Å². The Labute approximate surface area is 134 Å². The van der Waals surface area contributed by atoms with E-state index in [0.717, 1.165) is 5.56 Å². The predicted octanol–water partition coefficient (Wildman–Crippen LogP) is 0.962. The first kappa shape index (κ1) is 16.8. The maximum absolute atomic E-state index is 11.7. The highest BCUT2D eigenvalue weighted by molar-refractivity contribution is 6.35. The Morgan fingerprint density at radius 3 is 2.43 bits per heavy atom. The number of benzene rings is 1. The molecule has 6 nitrogen and oxygen atoms in total. The van der Waals surface area contributed by atoms with Gasteiger partial charge < -0.3 is 20.2 Å². The van der Waals surface area contributed by atoms with Gasteiger partial charge >= 0.3 is 11.8 Å². The van der Waals surface area contributed by atoms with Crippen molar-refractivity contribution >= 4 is 11.8 Å². The zero-order valence-electron chi connectivity index (χ0n) is 12.9. The van der Waals surface area contributed by atoms with Crippen LogP contribution in [0.3, 0.4) is 0 Å². The highest BCUT2D eigenvalue weighted by Crippen LogP contribution is 2.19. The van der Waals surface area contributed by atoms with Crippen LogP contribution in [0.2, 0.25) is 0 Å². The molecular weight excluding hydrogens is 296 g/mol. The van der Waals surface area contributed by atoms with Crippen molar-refractivity contribution in [3.63, 3.8) is 0 Å². The lowest BCUT2D eigenvalue weighted by atomic mass is 10.0. The summed E-state index contributed by atoms with van der Waals surface area (Å²) in [4.78, 5) is 23.4. The van der Waals surface area contributed by atoms with Gasteiger partial charge in [0.1, 0.15) is 11.4 Å². The number of nitrogens with one attached hydrogen (secondary N) is 2. The van der Waals surface area contributed by atoms with E-state index in [1.54, 1.807) is 12.1 Å². The van der Waals surface area contributed by atoms with Crippen LogP contribution in [-0.2, 0) is 21.6 Å². The molecule has 122 valence electrons. The quantitative estimate of drug-likeness (QED) is 0.692. The molecule has 0 fully saturated rings. The number of carbonyl (C=O) groups excluding carboxylic acids is 2. The molecule has 6 heteroatoms. The number of furan rings is 1. The van der Waals surface area contributed by atoms with Crippen LogP contribution < -0.4 is 10.6 Å². The lowest BCUT2D eigenvalue weighted by Crippen LogP contribution is -2.45. The fraction of sp³-hybridized carbons (Fsp3) is 0.294. The lowest BCUT2D eigenvalue weighted by Gasteiger charge is -2.20. The third kappa shape index (κ3) is 4.96. The van der Waals surface area contributed by atoms with Crippen LogP contribution in [-0.4, -0.2) is 30.0 Å². The minimum atomic E-state index is -1.37. The molecule has 2 amide bonds. The molecule has 0 aliphatic heterocycles. The molecule has 2 rings (SSSR count). The van der Waals surface area contributed by atoms with E-state index in [0.29, 0.717) is 18.7 Å². The first-order valence-electron chi connectivity index (χ1n) is 7.35. The predicted molar refractivity (Wildman–Crippen MR) is 84.4 cm³/mol. The molecule has 0 saturated carbocycles. The van der Waals surface area contributed by atoms with E-state index in [-0.39, 0.29) is 6.54 Å². The number of carbonyl (C=O) groups is 2. The number of hydrogen-bond acceptors (Lipinski definition) is 4. The Morgan fingerprint density at radius 2 is 1.78 bits per heavy atom. The largest absolute Gasteiger partial charge is 0.466 e. The minimum absolute atomic E-state index is 0.120. The van der Waals surface area contributed by atoms with Gasteiger partial charge in [0.05, 0.1) is 12.8 Å². The maximum Gasteiger partial charge on any atom is 0.309 e. The van der Waals surface area contributed by atoms with Gasteiger partial charge in [0.15, 0.2) is 0 Å². The second-order valence-electron chi connectivity index (χ2n) is 5.43. The average molecular weight is 316 g/mol. The molecular formula is C17H20N2O4. The van der Waals surface area contributed by atoms with Gasteiger partial charge in [0, 0.05) is 6.54 Å². The molecule has 1 unspecified atom stereocenters. The highest BCUT2D eigenvalue weighted by Gasteiger charge is 2.27. The van der Waals surface area contributed by atoms with Crippen molar-refractivity contribution in [3.05, 3.63) is 60.1 Å². The molecule has 3 N–H and O–H groups in total. The summed E-state index contributed by atoms with van der Waals surface area (Å²) in [6.45, 7) is 1.75. The van der Waals surface area contributed by atoms with Crippen LogP contribution in [0, 0.1) is 0 Å². The van der Waals surface area contributed by atoms with Crippen molar-refractivity contribution in [2.24, 2.45) is 0 Å². The number of amides is 2. The van der Waals surface area contributed by atoms with Gasteiger partial charge in [-0.3, -0.25) is 9.59 Å². The third-order valence-electron chi connectivity index (χ3n) is 3.39. The summed E-state index contributed by atoms with van der Waals surface area (Å²) >= 11 is 0. The molecule has 0 aliphatic carbocycles. The number of rotatable bonds is 6. The van der Waals surface area contributed by atoms with Crippen LogP contribution in [0.5, 0.6) is 0 Å². The summed E-state index contributed by atoms with van der Waals surface area (Å²) in [7, 11) is 0. The van der Waals surface area contributed by atoms with Crippen LogP contribution in [0.25, 0.3) is 0 Å². The summed E-state index contributed by atoms with van der Waals surface area (Å²) in [5.41, 5.74) is -0.294. The summed E-state index contributed by atoms with van der Waals surface area (Å²) < 4.78 is 5.10. The molecule has 0 aliphatic rings. The first-order chi connectivity index (χ1) is 11.0. The Morgan fingerprint density at radius 1 is 1.09 bits per heavy atom. The van der Waals surface area contributed by atoms with Crippen molar-refractivity contribution < 1.29 is 19.1 Å². The maximum atomic E-state index is 11.7. The van der Waals surface area contributed by atoms with Gasteiger partial charge in [0.2, 0.25) is 0 Å². The van der Waals surface area contributed by atoms with Gasteiger partial charge in [0.25, 0.3) is 0 Å². The molecule has 0 bridgehead atoms. The van der Waals surface area contributed by atoms with Gasteiger partial charge in [-0.25, -0.2) is 0 Å². The first-order valence-corrected chi connectivity index (χ1v) is 7.35. The highest BCUT2D eigenvalue weighted by atomic mass is 16.4. The summed E-state index contributed by atoms with van der Waals surface area (Å²) in [5, 5.41) is 15.1. The average Bonchev–Trinajstić information content (AvgIpc) is 3.09. The van der Waals surface area contributed by atoms with E-state index in [9.17, 15) is 14.7 Å². The summed E-state index contributed by atoms with van der Waals surface area (Å²) in [5.74, 6) is -1.19. The molecule has 0 spiro atoms. The molecule has 0 radical (unpaired) electrons. The molecule has 0 saturated heterocycles. The van der Waals surface area contributed by atoms with Crippen molar-refractivity contribution in [2.45, 2.75) is 18.9 Å². The van der Waals surface area contributed by atoms with Crippen molar-refractivity contribution in [2.75, 3.05) is 13.1 Å². The third-order valence-corrected chi connectivity index (χ3v) is 3.39. The van der Waals surface area contributed by atoms with Gasteiger partial charge in [-0.2, -0.15) is 0 Å². The van der Waals surface area contributed by atoms with E-state index in [1.807, 2.05) is 30.3 Å². The fourth-order valence-electron chi connectivity index (χ4n) is 2.05. The number of aliphatic hydroxyl groups is 1. The van der Waals surface area contributed by atoms with Crippen molar-refractivity contribution in [3.8, 4) is 0 Å². The Balaban J connectivity index is 1.74. The topological polar surface area (TPSA) is 91.6 Å². The monoisotopic (exact) mass is 316 g/mol. The van der Waals surface area contributed by atoms with E-state index in [1.165, 1.54) is 13.2 Å². The van der Waals surface area contributed by atoms with Crippen LogP contribution in [0.4, 0.5) is 0 Å². The zero-order valence-corrected chi connectivity index (χ0v) is 12.9. The normalized spacial score (nSPS) is 13.1. The number of hydrogen-bond donors (Lipinski definition) is 3. The fourth-order valence-corrected chi connectivity index (χ4v) is 2.05. The van der Waals surface area contributed by atoms with Crippen LogP contribution in [0.15, 0.2) is 53.1 Å². The van der Waals surface area contributed by atoms with Crippen molar-refractivity contribution in [1.82, 2.24) is 10.6 Å². The molecule has 2 aromatic rings. The van der Waals surface area contributed by atoms with Crippen LogP contribution in [0.1, 0.15) is 18.2 Å². The van der Waals surface area contributed by atoms with Crippen LogP contribution >= 0.6 is 0 Å². The van der Waals surface area contributed by atoms with Crippen molar-refractivity contribution in [1.29, 1.82) is 0 Å². The SMILES string of the molecule is CC(O)(CNC(=O)C(=O)NCCc1ccccc1)c1ccco1. The zero-order chi connectivity index (χ0) is 16.7. The Hall–Kier alpha value is -2.60. The smallest absolute Gasteiger partial charge is 0.309 e. The summed E-state index contributed by atoms with van der Waals surface area (Å²) in [6, 6.07) is 12.9. The standard InChI is InChI=1S/C17H20N2O4/c1-17(22,14-8-5-11-23-14)12-19-16(21)15(20)18-10-9-13-6-3-2-4-7-13/h2-8,11,22H,9-10,12H2,1H3,(H,18,20)(H,19,21). The molecule has 23 heavy (non-hydrogen) atoms. The molecule has 1 aromatic heterocycles. The van der Waals surface area contributed by atoms with Gasteiger partial charge in [-0.15, -0.1) is 0 Å². The summed E-state index contributed by atoms with van der Waals surface area (Å²) in [6.07, 6.45) is 2.08. The van der Waals surface area contributed by atoms with E-state index >= 15 is 0 Å². The van der Waals surface area contributed by atoms with E-state index in [4.69, 9.17) is 4.42 Å². The van der Waals surface area contributed by atoms with E-state index in [2.05, 4.69) is 10.6 Å². The second kappa shape index (κ2) is 7.60. The lowest BCUT2D eigenvalue weighted by molar-refractivity contribution is -0.139. The molecule has 1 aromatic carbocycles. The minimum Gasteiger partial charge on any atom is -0.466 e. The second-order valence-corrected chi connectivity index (χ2v) is 5.43. The Kier molecular flexibility index (Phi) is 5.54.